The highest BCUT2D eigenvalue weighted by Crippen LogP contribution is 2.14. The first-order valence-electron chi connectivity index (χ1n) is 6.36. The fraction of sp³-hybridized carbons (Fsp3) is 0.667. The third-order valence-electron chi connectivity index (χ3n) is 2.79. The van der Waals surface area contributed by atoms with Crippen LogP contribution in [0.4, 0.5) is 6.01 Å². The van der Waals surface area contributed by atoms with Crippen molar-refractivity contribution >= 4 is 12.0 Å². The minimum atomic E-state index is -0.471. The monoisotopic (exact) mass is 269 g/mol. The van der Waals surface area contributed by atoms with Crippen LogP contribution in [0.5, 0.6) is 0 Å². The molecule has 0 aromatic carbocycles. The predicted octanol–water partition coefficient (Wildman–Crippen LogP) is 0.276. The van der Waals surface area contributed by atoms with Crippen LogP contribution in [0, 0.1) is 0 Å². The Morgan fingerprint density at radius 3 is 3.21 bits per heavy atom. The number of rotatable bonds is 5. The average Bonchev–Trinajstić information content (AvgIpc) is 2.90. The van der Waals surface area contributed by atoms with E-state index in [1.807, 2.05) is 11.9 Å². The Labute approximate surface area is 111 Å². The first kappa shape index (κ1) is 13.8. The maximum Gasteiger partial charge on any atom is 0.360 e. The van der Waals surface area contributed by atoms with E-state index >= 15 is 0 Å². The summed E-state index contributed by atoms with van der Waals surface area (Å²) in [4.78, 5) is 17.4. The number of ether oxygens (including phenoxy) is 2. The molecule has 1 atom stereocenters. The van der Waals surface area contributed by atoms with Gasteiger partial charge in [0.2, 0.25) is 0 Å². The molecule has 1 aliphatic rings. The first-order chi connectivity index (χ1) is 9.20. The summed E-state index contributed by atoms with van der Waals surface area (Å²) in [6.45, 7) is 5.10. The van der Waals surface area contributed by atoms with Gasteiger partial charge < -0.3 is 24.1 Å². The molecule has 1 fully saturated rings. The number of hydrogen-bond donors (Lipinski definition) is 1. The van der Waals surface area contributed by atoms with E-state index in [-0.39, 0.29) is 11.8 Å². The van der Waals surface area contributed by atoms with Crippen molar-refractivity contribution < 1.29 is 18.7 Å². The summed E-state index contributed by atoms with van der Waals surface area (Å²) in [5.74, 6) is -0.471. The number of esters is 1. The van der Waals surface area contributed by atoms with Crippen molar-refractivity contribution in [1.29, 1.82) is 0 Å². The molecular formula is C12H19N3O4. The molecule has 1 N–H and O–H groups in total. The van der Waals surface area contributed by atoms with Gasteiger partial charge in [-0.25, -0.2) is 4.79 Å². The molecule has 2 heterocycles. The van der Waals surface area contributed by atoms with Crippen molar-refractivity contribution in [1.82, 2.24) is 10.3 Å². The van der Waals surface area contributed by atoms with Crippen molar-refractivity contribution in [3.8, 4) is 0 Å². The number of likely N-dealkylation sites (N-methyl/N-ethyl adjacent to an activating group) is 1. The molecule has 0 spiro atoms. The second-order valence-corrected chi connectivity index (χ2v) is 4.31. The minimum absolute atomic E-state index is 0.0942. The SMILES string of the molecule is CCOC(=O)c1coc(N(C)CC2CNCCO2)n1. The molecule has 0 bridgehead atoms. The van der Waals surface area contributed by atoms with Crippen molar-refractivity contribution in [2.24, 2.45) is 0 Å². The second-order valence-electron chi connectivity index (χ2n) is 4.31. The summed E-state index contributed by atoms with van der Waals surface area (Å²) in [6, 6.07) is 0.386. The lowest BCUT2D eigenvalue weighted by Gasteiger charge is -2.27. The third kappa shape index (κ3) is 3.68. The van der Waals surface area contributed by atoms with Crippen LogP contribution >= 0.6 is 0 Å². The number of carbonyl (C=O) groups excluding carboxylic acids is 1. The molecule has 0 amide bonds. The Morgan fingerprint density at radius 1 is 1.68 bits per heavy atom. The lowest BCUT2D eigenvalue weighted by atomic mass is 10.3. The summed E-state index contributed by atoms with van der Waals surface area (Å²) in [6.07, 6.45) is 1.40. The fourth-order valence-corrected chi connectivity index (χ4v) is 1.86. The van der Waals surface area contributed by atoms with Gasteiger partial charge in [0, 0.05) is 26.7 Å². The van der Waals surface area contributed by atoms with E-state index in [0.29, 0.717) is 25.8 Å². The van der Waals surface area contributed by atoms with Gasteiger partial charge >= 0.3 is 5.97 Å². The summed E-state index contributed by atoms with van der Waals surface area (Å²) >= 11 is 0. The zero-order valence-electron chi connectivity index (χ0n) is 11.2. The normalized spacial score (nSPS) is 19.2. The highest BCUT2D eigenvalue weighted by molar-refractivity contribution is 5.87. The van der Waals surface area contributed by atoms with E-state index in [4.69, 9.17) is 13.9 Å². The minimum Gasteiger partial charge on any atom is -0.461 e. The van der Waals surface area contributed by atoms with Gasteiger partial charge in [0.1, 0.15) is 6.26 Å². The van der Waals surface area contributed by atoms with E-state index in [0.717, 1.165) is 13.1 Å². The summed E-state index contributed by atoms with van der Waals surface area (Å²) in [5.41, 5.74) is 0.186. The number of carbonyl (C=O) groups is 1. The lowest BCUT2D eigenvalue weighted by Crippen LogP contribution is -2.44. The number of anilines is 1. The number of nitrogens with zero attached hydrogens (tertiary/aromatic N) is 2. The smallest absolute Gasteiger partial charge is 0.360 e. The Balaban J connectivity index is 1.91. The zero-order valence-corrected chi connectivity index (χ0v) is 11.2. The van der Waals surface area contributed by atoms with Gasteiger partial charge in [-0.2, -0.15) is 4.98 Å². The van der Waals surface area contributed by atoms with Crippen molar-refractivity contribution in [3.63, 3.8) is 0 Å². The quantitative estimate of drug-likeness (QED) is 0.769. The Kier molecular flexibility index (Phi) is 4.75. The van der Waals surface area contributed by atoms with Gasteiger partial charge in [-0.3, -0.25) is 0 Å². The van der Waals surface area contributed by atoms with Crippen LogP contribution in [-0.4, -0.2) is 57.0 Å². The number of oxazole rings is 1. The largest absolute Gasteiger partial charge is 0.461 e. The molecule has 0 saturated carbocycles. The number of morpholine rings is 1. The lowest BCUT2D eigenvalue weighted by molar-refractivity contribution is 0.0335. The van der Waals surface area contributed by atoms with Crippen LogP contribution in [-0.2, 0) is 9.47 Å². The maximum absolute atomic E-state index is 11.5. The van der Waals surface area contributed by atoms with Crippen LogP contribution in [0.2, 0.25) is 0 Å². The summed E-state index contributed by atoms with van der Waals surface area (Å²) in [7, 11) is 1.85. The number of hydrogen-bond acceptors (Lipinski definition) is 7. The van der Waals surface area contributed by atoms with Gasteiger partial charge in [-0.05, 0) is 6.92 Å². The van der Waals surface area contributed by atoms with E-state index < -0.39 is 5.97 Å². The van der Waals surface area contributed by atoms with E-state index in [9.17, 15) is 4.79 Å². The molecule has 2 rings (SSSR count). The summed E-state index contributed by atoms with van der Waals surface area (Å²) in [5, 5.41) is 3.26. The van der Waals surface area contributed by atoms with Crippen molar-refractivity contribution in [2.45, 2.75) is 13.0 Å². The van der Waals surface area contributed by atoms with Gasteiger partial charge in [0.15, 0.2) is 5.69 Å². The summed E-state index contributed by atoms with van der Waals surface area (Å²) < 4.78 is 15.7. The van der Waals surface area contributed by atoms with Crippen LogP contribution in [0.3, 0.4) is 0 Å². The molecule has 1 aliphatic heterocycles. The zero-order chi connectivity index (χ0) is 13.7. The molecule has 106 valence electrons. The molecule has 19 heavy (non-hydrogen) atoms. The second kappa shape index (κ2) is 6.53. The van der Waals surface area contributed by atoms with Crippen LogP contribution in [0.15, 0.2) is 10.7 Å². The molecular weight excluding hydrogens is 250 g/mol. The third-order valence-corrected chi connectivity index (χ3v) is 2.79. The predicted molar refractivity (Wildman–Crippen MR) is 68.3 cm³/mol. The van der Waals surface area contributed by atoms with Crippen LogP contribution < -0.4 is 10.2 Å². The Hall–Kier alpha value is -1.60. The number of aromatic nitrogens is 1. The van der Waals surface area contributed by atoms with Gasteiger partial charge in [-0.1, -0.05) is 0 Å². The fourth-order valence-electron chi connectivity index (χ4n) is 1.86. The van der Waals surface area contributed by atoms with Crippen molar-refractivity contribution in [3.05, 3.63) is 12.0 Å². The number of nitrogens with one attached hydrogen (secondary N) is 1. The molecule has 1 aromatic heterocycles. The van der Waals surface area contributed by atoms with Crippen molar-refractivity contribution in [2.75, 3.05) is 44.8 Å². The Morgan fingerprint density at radius 2 is 2.53 bits per heavy atom. The molecule has 1 saturated heterocycles. The molecule has 0 radical (unpaired) electrons. The molecule has 7 heteroatoms. The average molecular weight is 269 g/mol. The van der Waals surface area contributed by atoms with Crippen LogP contribution in [0.1, 0.15) is 17.4 Å². The standard InChI is InChI=1S/C12H19N3O4/c1-3-17-11(16)10-8-19-12(14-10)15(2)7-9-6-13-4-5-18-9/h8-9,13H,3-7H2,1-2H3. The molecule has 7 nitrogen and oxygen atoms in total. The first-order valence-corrected chi connectivity index (χ1v) is 6.36. The van der Waals surface area contributed by atoms with E-state index in [1.165, 1.54) is 6.26 Å². The highest BCUT2D eigenvalue weighted by atomic mass is 16.5. The van der Waals surface area contributed by atoms with Gasteiger partial charge in [0.25, 0.3) is 6.01 Å². The van der Waals surface area contributed by atoms with Crippen LogP contribution in [0.25, 0.3) is 0 Å². The Bertz CT molecular complexity index is 415. The van der Waals surface area contributed by atoms with E-state index in [1.54, 1.807) is 6.92 Å². The highest BCUT2D eigenvalue weighted by Gasteiger charge is 2.20. The van der Waals surface area contributed by atoms with Gasteiger partial charge in [-0.15, -0.1) is 0 Å². The van der Waals surface area contributed by atoms with Gasteiger partial charge in [0.05, 0.1) is 19.3 Å². The van der Waals surface area contributed by atoms with E-state index in [2.05, 4.69) is 10.3 Å². The molecule has 1 aromatic rings. The topological polar surface area (TPSA) is 76.8 Å². The maximum atomic E-state index is 11.5. The molecule has 0 aliphatic carbocycles. The molecule has 1 unspecified atom stereocenters.